The SMILES string of the molecule is COc1ccc(C(=O)/C=C/c2ccc(OC)c(COc3ccc(Cl)cc3Br)c2)cc1. The summed E-state index contributed by atoms with van der Waals surface area (Å²) in [4.78, 5) is 12.4. The molecule has 0 aliphatic heterocycles. The first-order valence-corrected chi connectivity index (χ1v) is 10.3. The van der Waals surface area contributed by atoms with Crippen molar-refractivity contribution in [3.05, 3.63) is 92.9 Å². The second-order valence-electron chi connectivity index (χ2n) is 6.36. The summed E-state index contributed by atoms with van der Waals surface area (Å²) < 4.78 is 17.2. The van der Waals surface area contributed by atoms with Crippen molar-refractivity contribution < 1.29 is 19.0 Å². The molecule has 0 fully saturated rings. The van der Waals surface area contributed by atoms with Crippen molar-refractivity contribution in [3.63, 3.8) is 0 Å². The summed E-state index contributed by atoms with van der Waals surface area (Å²) in [5.74, 6) is 2.01. The molecule has 154 valence electrons. The number of carbonyl (C=O) groups excluding carboxylic acids is 1. The van der Waals surface area contributed by atoms with Crippen LogP contribution in [0.2, 0.25) is 5.02 Å². The Morgan fingerprint density at radius 2 is 1.70 bits per heavy atom. The zero-order chi connectivity index (χ0) is 21.5. The van der Waals surface area contributed by atoms with E-state index in [9.17, 15) is 4.79 Å². The zero-order valence-electron chi connectivity index (χ0n) is 16.5. The van der Waals surface area contributed by atoms with Crippen LogP contribution < -0.4 is 14.2 Å². The van der Waals surface area contributed by atoms with Gasteiger partial charge in [-0.05, 0) is 82.2 Å². The van der Waals surface area contributed by atoms with E-state index in [-0.39, 0.29) is 5.78 Å². The number of halogens is 2. The molecule has 6 heteroatoms. The maximum atomic E-state index is 12.4. The van der Waals surface area contributed by atoms with Gasteiger partial charge in [0.15, 0.2) is 5.78 Å². The monoisotopic (exact) mass is 486 g/mol. The van der Waals surface area contributed by atoms with E-state index in [4.69, 9.17) is 25.8 Å². The van der Waals surface area contributed by atoms with Crippen LogP contribution in [0, 0.1) is 0 Å². The molecule has 0 bridgehead atoms. The molecule has 3 aromatic carbocycles. The molecule has 3 rings (SSSR count). The lowest BCUT2D eigenvalue weighted by atomic mass is 10.1. The summed E-state index contributed by atoms with van der Waals surface area (Å²) >= 11 is 9.42. The number of rotatable bonds is 8. The van der Waals surface area contributed by atoms with Crippen molar-refractivity contribution in [3.8, 4) is 17.2 Å². The van der Waals surface area contributed by atoms with Gasteiger partial charge >= 0.3 is 0 Å². The molecule has 0 atom stereocenters. The highest BCUT2D eigenvalue weighted by Gasteiger charge is 2.08. The summed E-state index contributed by atoms with van der Waals surface area (Å²) in [5, 5.41) is 0.625. The first kappa shape index (κ1) is 21.9. The third-order valence-corrected chi connectivity index (χ3v) is 5.24. The Bertz CT molecular complexity index is 1060. The summed E-state index contributed by atoms with van der Waals surface area (Å²) in [5.41, 5.74) is 2.32. The van der Waals surface area contributed by atoms with Crippen LogP contribution in [0.3, 0.4) is 0 Å². The van der Waals surface area contributed by atoms with Crippen molar-refractivity contribution in [2.45, 2.75) is 6.61 Å². The van der Waals surface area contributed by atoms with Gasteiger partial charge in [0.2, 0.25) is 0 Å². The van der Waals surface area contributed by atoms with E-state index < -0.39 is 0 Å². The highest BCUT2D eigenvalue weighted by atomic mass is 79.9. The predicted octanol–water partition coefficient (Wildman–Crippen LogP) is 6.59. The van der Waals surface area contributed by atoms with Gasteiger partial charge in [0, 0.05) is 16.1 Å². The molecular formula is C24H20BrClO4. The molecule has 4 nitrogen and oxygen atoms in total. The third-order valence-electron chi connectivity index (χ3n) is 4.38. The molecule has 0 unspecified atom stereocenters. The van der Waals surface area contributed by atoms with Gasteiger partial charge < -0.3 is 14.2 Å². The van der Waals surface area contributed by atoms with Crippen molar-refractivity contribution >= 4 is 39.4 Å². The highest BCUT2D eigenvalue weighted by molar-refractivity contribution is 9.10. The smallest absolute Gasteiger partial charge is 0.185 e. The van der Waals surface area contributed by atoms with Gasteiger partial charge in [0.05, 0.1) is 18.7 Å². The Hall–Kier alpha value is -2.76. The first-order chi connectivity index (χ1) is 14.5. The minimum Gasteiger partial charge on any atom is -0.497 e. The van der Waals surface area contributed by atoms with E-state index >= 15 is 0 Å². The minimum absolute atomic E-state index is 0.0867. The van der Waals surface area contributed by atoms with Gasteiger partial charge in [-0.2, -0.15) is 0 Å². The number of carbonyl (C=O) groups is 1. The number of ether oxygens (including phenoxy) is 3. The topological polar surface area (TPSA) is 44.8 Å². The zero-order valence-corrected chi connectivity index (χ0v) is 18.9. The van der Waals surface area contributed by atoms with Gasteiger partial charge in [0.1, 0.15) is 23.9 Å². The van der Waals surface area contributed by atoms with Crippen LogP contribution in [0.15, 0.2) is 71.2 Å². The van der Waals surface area contributed by atoms with Crippen LogP contribution in [0.5, 0.6) is 17.2 Å². The fourth-order valence-corrected chi connectivity index (χ4v) is 3.58. The molecule has 30 heavy (non-hydrogen) atoms. The van der Waals surface area contributed by atoms with Gasteiger partial charge in [0.25, 0.3) is 0 Å². The molecule has 0 radical (unpaired) electrons. The Labute approximate surface area is 189 Å². The van der Waals surface area contributed by atoms with Crippen molar-refractivity contribution in [1.29, 1.82) is 0 Å². The largest absolute Gasteiger partial charge is 0.497 e. The van der Waals surface area contributed by atoms with Crippen LogP contribution >= 0.6 is 27.5 Å². The average molecular weight is 488 g/mol. The van der Waals surface area contributed by atoms with Crippen LogP contribution in [0.1, 0.15) is 21.5 Å². The van der Waals surface area contributed by atoms with Gasteiger partial charge in [-0.3, -0.25) is 4.79 Å². The third kappa shape index (κ3) is 5.65. The lowest BCUT2D eigenvalue weighted by Crippen LogP contribution is -2.00. The summed E-state index contributed by atoms with van der Waals surface area (Å²) in [6.07, 6.45) is 3.32. The fourth-order valence-electron chi connectivity index (χ4n) is 2.79. The van der Waals surface area contributed by atoms with Crippen LogP contribution in [0.4, 0.5) is 0 Å². The van der Waals surface area contributed by atoms with E-state index in [1.54, 1.807) is 68.8 Å². The van der Waals surface area contributed by atoms with Gasteiger partial charge in [-0.15, -0.1) is 0 Å². The second-order valence-corrected chi connectivity index (χ2v) is 7.65. The number of allylic oxidation sites excluding steroid dienone is 1. The standard InChI is InChI=1S/C24H20BrClO4/c1-28-20-8-5-17(6-9-20)22(27)10-3-16-4-11-23(29-2)18(13-16)15-30-24-12-7-19(26)14-21(24)25/h3-14H,15H2,1-2H3/b10-3+. The van der Waals surface area contributed by atoms with Gasteiger partial charge in [-0.25, -0.2) is 0 Å². The summed E-state index contributed by atoms with van der Waals surface area (Å²) in [6.45, 7) is 0.303. The number of ketones is 1. The number of hydrogen-bond donors (Lipinski definition) is 0. The maximum absolute atomic E-state index is 12.4. The molecule has 0 heterocycles. The summed E-state index contributed by atoms with van der Waals surface area (Å²) in [7, 11) is 3.20. The van der Waals surface area contributed by atoms with Crippen molar-refractivity contribution in [2.24, 2.45) is 0 Å². The molecule has 0 amide bonds. The highest BCUT2D eigenvalue weighted by Crippen LogP contribution is 2.30. The second kappa shape index (κ2) is 10.3. The Morgan fingerprint density at radius 1 is 0.967 bits per heavy atom. The average Bonchev–Trinajstić information content (AvgIpc) is 2.77. The van der Waals surface area contributed by atoms with Crippen LogP contribution in [0.25, 0.3) is 6.08 Å². The van der Waals surface area contributed by atoms with Crippen LogP contribution in [-0.4, -0.2) is 20.0 Å². The molecule has 0 N–H and O–H groups in total. The van der Waals surface area contributed by atoms with E-state index in [2.05, 4.69) is 15.9 Å². The summed E-state index contributed by atoms with van der Waals surface area (Å²) in [6, 6.07) is 18.0. The lowest BCUT2D eigenvalue weighted by molar-refractivity contribution is 0.104. The Kier molecular flexibility index (Phi) is 7.55. The molecule has 0 aliphatic carbocycles. The van der Waals surface area contributed by atoms with Gasteiger partial charge in [-0.1, -0.05) is 23.7 Å². The normalized spacial score (nSPS) is 10.8. The van der Waals surface area contributed by atoms with E-state index in [0.29, 0.717) is 34.4 Å². The molecular weight excluding hydrogens is 468 g/mol. The Balaban J connectivity index is 1.74. The molecule has 0 saturated heterocycles. The van der Waals surface area contributed by atoms with Crippen molar-refractivity contribution in [2.75, 3.05) is 14.2 Å². The van der Waals surface area contributed by atoms with E-state index in [1.165, 1.54) is 0 Å². The lowest BCUT2D eigenvalue weighted by Gasteiger charge is -2.12. The Morgan fingerprint density at radius 3 is 2.37 bits per heavy atom. The molecule has 3 aromatic rings. The quantitative estimate of drug-likeness (QED) is 0.265. The molecule has 0 aliphatic rings. The van der Waals surface area contributed by atoms with Crippen LogP contribution in [-0.2, 0) is 6.61 Å². The van der Waals surface area contributed by atoms with Crippen molar-refractivity contribution in [1.82, 2.24) is 0 Å². The minimum atomic E-state index is -0.0867. The predicted molar refractivity (Wildman–Crippen MR) is 123 cm³/mol. The fraction of sp³-hybridized carbons (Fsp3) is 0.125. The maximum Gasteiger partial charge on any atom is 0.185 e. The molecule has 0 saturated carbocycles. The molecule has 0 spiro atoms. The first-order valence-electron chi connectivity index (χ1n) is 9.11. The van der Waals surface area contributed by atoms with E-state index in [1.807, 2.05) is 18.2 Å². The number of benzene rings is 3. The number of methoxy groups -OCH3 is 2. The van der Waals surface area contributed by atoms with E-state index in [0.717, 1.165) is 15.6 Å². The number of hydrogen-bond acceptors (Lipinski definition) is 4. The molecule has 0 aromatic heterocycles.